The summed E-state index contributed by atoms with van der Waals surface area (Å²) in [5.74, 6) is 1.45. The number of amides is 4. The van der Waals surface area contributed by atoms with Crippen molar-refractivity contribution >= 4 is 46.9 Å². The van der Waals surface area contributed by atoms with E-state index < -0.39 is 17.8 Å². The molecule has 0 unspecified atom stereocenters. The molecular weight excluding hydrogens is 598 g/mol. The standard InChI is InChI=1S/C38H30ClN3O4/c1-2-19-46-34-14-13-24(21-33(34)39)20-32-36(43)40-38(45)42(37(32)44)27-22-30-28(25-9-5-3-6-10-25)15-17-41-18-16-29(31(23-27)35(30)41)26-11-7-4-8-12-26/h1,3-14,20-23,28-29H,15-19H2,(H,40,43,45)/b32-20+/t28-,29+. The van der Waals surface area contributed by atoms with Crippen molar-refractivity contribution in [3.63, 3.8) is 0 Å². The van der Waals surface area contributed by atoms with E-state index in [1.165, 1.54) is 22.9 Å². The van der Waals surface area contributed by atoms with Gasteiger partial charge >= 0.3 is 6.03 Å². The van der Waals surface area contributed by atoms with Crippen LogP contribution in [0.2, 0.25) is 5.02 Å². The average molecular weight is 628 g/mol. The van der Waals surface area contributed by atoms with Gasteiger partial charge in [0.2, 0.25) is 0 Å². The van der Waals surface area contributed by atoms with Crippen molar-refractivity contribution < 1.29 is 19.1 Å². The van der Waals surface area contributed by atoms with Gasteiger partial charge in [0, 0.05) is 30.6 Å². The van der Waals surface area contributed by atoms with Crippen LogP contribution < -0.4 is 19.9 Å². The van der Waals surface area contributed by atoms with Crippen molar-refractivity contribution in [2.45, 2.75) is 24.7 Å². The Hall–Kier alpha value is -5.32. The summed E-state index contributed by atoms with van der Waals surface area (Å²) in [5.41, 5.74) is 6.42. The third kappa shape index (κ3) is 5.31. The Morgan fingerprint density at radius 2 is 1.48 bits per heavy atom. The van der Waals surface area contributed by atoms with Crippen molar-refractivity contribution in [2.75, 3.05) is 29.5 Å². The predicted octanol–water partition coefficient (Wildman–Crippen LogP) is 6.90. The molecule has 0 saturated carbocycles. The highest BCUT2D eigenvalue weighted by Gasteiger charge is 2.40. The molecule has 3 heterocycles. The number of hydrogen-bond acceptors (Lipinski definition) is 5. The quantitative estimate of drug-likeness (QED) is 0.143. The number of carbonyl (C=O) groups excluding carboxylic acids is 3. The number of halogens is 1. The third-order valence-corrected chi connectivity index (χ3v) is 9.23. The van der Waals surface area contributed by atoms with Gasteiger partial charge in [-0.3, -0.25) is 14.9 Å². The number of barbiturate groups is 1. The van der Waals surface area contributed by atoms with E-state index in [1.807, 2.05) is 48.5 Å². The zero-order valence-electron chi connectivity index (χ0n) is 24.9. The minimum absolute atomic E-state index is 0.0505. The van der Waals surface area contributed by atoms with E-state index in [4.69, 9.17) is 22.8 Å². The molecule has 0 aromatic heterocycles. The number of anilines is 2. The van der Waals surface area contributed by atoms with Crippen LogP contribution in [0.25, 0.3) is 6.08 Å². The highest BCUT2D eigenvalue weighted by atomic mass is 35.5. The fraction of sp³-hybridized carbons (Fsp3) is 0.184. The molecule has 2 atom stereocenters. The van der Waals surface area contributed by atoms with Gasteiger partial charge in [-0.25, -0.2) is 9.69 Å². The Morgan fingerprint density at radius 3 is 2.04 bits per heavy atom. The first-order chi connectivity index (χ1) is 22.4. The molecule has 1 N–H and O–H groups in total. The van der Waals surface area contributed by atoms with E-state index in [-0.39, 0.29) is 29.0 Å². The van der Waals surface area contributed by atoms with Crippen molar-refractivity contribution in [2.24, 2.45) is 0 Å². The molecule has 0 radical (unpaired) electrons. The lowest BCUT2D eigenvalue weighted by atomic mass is 9.76. The lowest BCUT2D eigenvalue weighted by molar-refractivity contribution is -0.122. The first-order valence-electron chi connectivity index (χ1n) is 15.2. The highest BCUT2D eigenvalue weighted by molar-refractivity contribution is 6.39. The molecule has 7 rings (SSSR count). The summed E-state index contributed by atoms with van der Waals surface area (Å²) in [6, 6.07) is 28.6. The minimum Gasteiger partial charge on any atom is -0.479 e. The van der Waals surface area contributed by atoms with Crippen LogP contribution in [0.1, 0.15) is 52.5 Å². The summed E-state index contributed by atoms with van der Waals surface area (Å²) in [4.78, 5) is 44.1. The van der Waals surface area contributed by atoms with Gasteiger partial charge in [0.25, 0.3) is 11.8 Å². The van der Waals surface area contributed by atoms with Gasteiger partial charge in [0.15, 0.2) is 0 Å². The summed E-state index contributed by atoms with van der Waals surface area (Å²) >= 11 is 6.37. The van der Waals surface area contributed by atoms with Crippen molar-refractivity contribution in [3.05, 3.63) is 129 Å². The largest absolute Gasteiger partial charge is 0.479 e. The summed E-state index contributed by atoms with van der Waals surface area (Å²) < 4.78 is 5.43. The number of rotatable bonds is 6. The van der Waals surface area contributed by atoms with Gasteiger partial charge in [0.1, 0.15) is 17.9 Å². The third-order valence-electron chi connectivity index (χ3n) is 8.94. The summed E-state index contributed by atoms with van der Waals surface area (Å²) in [5, 5.41) is 2.65. The topological polar surface area (TPSA) is 79.0 Å². The zero-order chi connectivity index (χ0) is 31.8. The molecule has 1 saturated heterocycles. The minimum atomic E-state index is -0.786. The van der Waals surface area contributed by atoms with Gasteiger partial charge < -0.3 is 9.64 Å². The lowest BCUT2D eigenvalue weighted by Gasteiger charge is -2.44. The first-order valence-corrected chi connectivity index (χ1v) is 15.6. The van der Waals surface area contributed by atoms with E-state index >= 15 is 0 Å². The lowest BCUT2D eigenvalue weighted by Crippen LogP contribution is -2.54. The molecule has 3 aliphatic rings. The molecule has 7 nitrogen and oxygen atoms in total. The maximum atomic E-state index is 14.1. The van der Waals surface area contributed by atoms with Crippen LogP contribution in [0.4, 0.5) is 16.2 Å². The summed E-state index contributed by atoms with van der Waals surface area (Å²) in [7, 11) is 0. The number of carbonyl (C=O) groups is 3. The summed E-state index contributed by atoms with van der Waals surface area (Å²) in [6.07, 6.45) is 8.52. The molecule has 4 amide bonds. The predicted molar refractivity (Wildman–Crippen MR) is 179 cm³/mol. The van der Waals surface area contributed by atoms with Crippen LogP contribution in [0.3, 0.4) is 0 Å². The maximum Gasteiger partial charge on any atom is 0.335 e. The fourth-order valence-corrected chi connectivity index (χ4v) is 7.11. The summed E-state index contributed by atoms with van der Waals surface area (Å²) in [6.45, 7) is 1.88. The highest BCUT2D eigenvalue weighted by Crippen LogP contribution is 2.50. The second-order valence-corrected chi connectivity index (χ2v) is 12.0. The fourth-order valence-electron chi connectivity index (χ4n) is 6.87. The smallest absolute Gasteiger partial charge is 0.335 e. The molecule has 0 bridgehead atoms. The van der Waals surface area contributed by atoms with Gasteiger partial charge in [-0.15, -0.1) is 6.42 Å². The second-order valence-electron chi connectivity index (χ2n) is 11.6. The number of nitrogens with zero attached hydrogens (tertiary/aromatic N) is 2. The van der Waals surface area contributed by atoms with Crippen LogP contribution in [-0.2, 0) is 9.59 Å². The number of hydrogen-bond donors (Lipinski definition) is 1. The van der Waals surface area contributed by atoms with Crippen LogP contribution in [-0.4, -0.2) is 37.5 Å². The second kappa shape index (κ2) is 12.2. The number of ether oxygens (including phenoxy) is 1. The van der Waals surface area contributed by atoms with Gasteiger partial charge in [-0.05, 0) is 71.0 Å². The van der Waals surface area contributed by atoms with Crippen molar-refractivity contribution in [1.82, 2.24) is 5.32 Å². The molecule has 4 aromatic carbocycles. The van der Waals surface area contributed by atoms with Crippen LogP contribution in [0.15, 0.2) is 96.6 Å². The number of urea groups is 1. The van der Waals surface area contributed by atoms with Gasteiger partial charge in [0.05, 0.1) is 10.7 Å². The van der Waals surface area contributed by atoms with Crippen LogP contribution >= 0.6 is 11.6 Å². The number of benzene rings is 4. The van der Waals surface area contributed by atoms with Gasteiger partial charge in [-0.2, -0.15) is 0 Å². The molecule has 3 aliphatic heterocycles. The van der Waals surface area contributed by atoms with E-state index in [0.29, 0.717) is 17.0 Å². The van der Waals surface area contributed by atoms with E-state index in [9.17, 15) is 14.4 Å². The Bertz CT molecular complexity index is 1860. The van der Waals surface area contributed by atoms with Crippen LogP contribution in [0, 0.1) is 12.3 Å². The molecule has 228 valence electrons. The zero-order valence-corrected chi connectivity index (χ0v) is 25.7. The Morgan fingerprint density at radius 1 is 0.870 bits per heavy atom. The van der Waals surface area contributed by atoms with Crippen LogP contribution in [0.5, 0.6) is 5.75 Å². The average Bonchev–Trinajstić information content (AvgIpc) is 3.07. The number of nitrogens with one attached hydrogen (secondary N) is 1. The van der Waals surface area contributed by atoms with E-state index in [2.05, 4.69) is 40.4 Å². The van der Waals surface area contributed by atoms with E-state index in [1.54, 1.807) is 18.2 Å². The van der Waals surface area contributed by atoms with Crippen molar-refractivity contribution in [1.29, 1.82) is 0 Å². The first kappa shape index (κ1) is 29.4. The Labute approximate surface area is 272 Å². The van der Waals surface area contributed by atoms with Gasteiger partial charge in [-0.1, -0.05) is 84.3 Å². The molecule has 0 aliphatic carbocycles. The molecule has 8 heteroatoms. The molecule has 0 spiro atoms. The van der Waals surface area contributed by atoms with Crippen molar-refractivity contribution in [3.8, 4) is 18.1 Å². The molecule has 1 fully saturated rings. The van der Waals surface area contributed by atoms with E-state index in [0.717, 1.165) is 42.0 Å². The molecule has 4 aromatic rings. The molecular formula is C38H30ClN3O4. The number of imide groups is 2. The Balaban J connectivity index is 1.34. The normalized spacial score (nSPS) is 19.8. The molecule has 46 heavy (non-hydrogen) atoms. The SMILES string of the molecule is C#CCOc1ccc(/C=C2\C(=O)NC(=O)N(c3cc4c5c(c3)[C@H](c3ccccc3)CCN5CC[C@@H]4c3ccccc3)C2=O)cc1Cl. The number of terminal acetylenes is 1. The Kier molecular flexibility index (Phi) is 7.81. The monoisotopic (exact) mass is 627 g/mol. The maximum absolute atomic E-state index is 14.1.